The molecule has 2 aliphatic rings. The Hall–Kier alpha value is -2.43. The first-order chi connectivity index (χ1) is 9.65. The SMILES string of the molecule is CC1C(=O)c2ccc(N3CCOc4cc(O)[nH]c43)cc21. The third kappa shape index (κ3) is 1.40. The number of nitrogens with zero attached hydrogens (tertiary/aromatic N) is 1. The lowest BCUT2D eigenvalue weighted by Crippen LogP contribution is -2.30. The average molecular weight is 270 g/mol. The minimum atomic E-state index is -0.0116. The Morgan fingerprint density at radius 3 is 3.10 bits per heavy atom. The van der Waals surface area contributed by atoms with Gasteiger partial charge >= 0.3 is 0 Å². The van der Waals surface area contributed by atoms with Crippen molar-refractivity contribution in [2.45, 2.75) is 12.8 Å². The zero-order chi connectivity index (χ0) is 13.9. The molecule has 0 bridgehead atoms. The number of aromatic nitrogens is 1. The Bertz CT molecular complexity index is 720. The zero-order valence-corrected chi connectivity index (χ0v) is 11.0. The second-order valence-electron chi connectivity index (χ2n) is 5.23. The molecule has 2 heterocycles. The van der Waals surface area contributed by atoms with Crippen molar-refractivity contribution < 1.29 is 14.6 Å². The van der Waals surface area contributed by atoms with E-state index in [1.54, 1.807) is 6.07 Å². The summed E-state index contributed by atoms with van der Waals surface area (Å²) in [6.07, 6.45) is 0. The summed E-state index contributed by atoms with van der Waals surface area (Å²) in [5.41, 5.74) is 2.93. The van der Waals surface area contributed by atoms with E-state index in [9.17, 15) is 9.90 Å². The van der Waals surface area contributed by atoms with Crippen molar-refractivity contribution in [1.29, 1.82) is 0 Å². The Morgan fingerprint density at radius 2 is 2.25 bits per heavy atom. The first-order valence-electron chi connectivity index (χ1n) is 6.65. The predicted molar refractivity (Wildman–Crippen MR) is 74.1 cm³/mol. The maximum atomic E-state index is 11.7. The monoisotopic (exact) mass is 270 g/mol. The number of fused-ring (bicyclic) bond motifs is 2. The number of aromatic hydroxyl groups is 1. The second-order valence-corrected chi connectivity index (χ2v) is 5.23. The van der Waals surface area contributed by atoms with Gasteiger partial charge in [0.2, 0.25) is 0 Å². The molecule has 0 amide bonds. The number of benzene rings is 1. The number of rotatable bonds is 1. The molecule has 2 aromatic rings. The molecule has 20 heavy (non-hydrogen) atoms. The molecule has 0 radical (unpaired) electrons. The number of Topliss-reactive ketones (excluding diaryl/α,β-unsaturated/α-hetero) is 1. The average Bonchev–Trinajstić information content (AvgIpc) is 2.85. The van der Waals surface area contributed by atoms with Gasteiger partial charge in [-0.05, 0) is 23.8 Å². The number of H-pyrrole nitrogens is 1. The summed E-state index contributed by atoms with van der Waals surface area (Å²) in [7, 11) is 0. The van der Waals surface area contributed by atoms with Crippen LogP contribution >= 0.6 is 0 Å². The van der Waals surface area contributed by atoms with Crippen molar-refractivity contribution in [3.63, 3.8) is 0 Å². The van der Waals surface area contributed by atoms with Crippen LogP contribution in [0.1, 0.15) is 28.8 Å². The molecule has 1 aromatic heterocycles. The molecule has 2 N–H and O–H groups in total. The van der Waals surface area contributed by atoms with Crippen molar-refractivity contribution in [3.8, 4) is 11.6 Å². The molecular weight excluding hydrogens is 256 g/mol. The maximum absolute atomic E-state index is 11.7. The maximum Gasteiger partial charge on any atom is 0.193 e. The van der Waals surface area contributed by atoms with E-state index in [2.05, 4.69) is 9.88 Å². The van der Waals surface area contributed by atoms with E-state index in [0.29, 0.717) is 18.9 Å². The summed E-state index contributed by atoms with van der Waals surface area (Å²) in [4.78, 5) is 16.6. The molecule has 0 saturated carbocycles. The van der Waals surface area contributed by atoms with Crippen LogP contribution in [0, 0.1) is 0 Å². The third-order valence-electron chi connectivity index (χ3n) is 4.06. The van der Waals surface area contributed by atoms with E-state index in [1.165, 1.54) is 0 Å². The summed E-state index contributed by atoms with van der Waals surface area (Å²) in [6, 6.07) is 7.45. The topological polar surface area (TPSA) is 65.6 Å². The second kappa shape index (κ2) is 3.79. The number of nitrogens with one attached hydrogen (secondary N) is 1. The molecule has 102 valence electrons. The van der Waals surface area contributed by atoms with Crippen molar-refractivity contribution >= 4 is 17.3 Å². The summed E-state index contributed by atoms with van der Waals surface area (Å²) < 4.78 is 5.52. The van der Waals surface area contributed by atoms with Crippen LogP contribution in [0.25, 0.3) is 0 Å². The zero-order valence-electron chi connectivity index (χ0n) is 11.0. The molecule has 0 saturated heterocycles. The van der Waals surface area contributed by atoms with Gasteiger partial charge in [-0.25, -0.2) is 0 Å². The molecule has 1 unspecified atom stereocenters. The quantitative estimate of drug-likeness (QED) is 0.835. The number of ether oxygens (including phenoxy) is 1. The first kappa shape index (κ1) is 11.4. The van der Waals surface area contributed by atoms with Gasteiger partial charge in [0, 0.05) is 23.2 Å². The van der Waals surface area contributed by atoms with Gasteiger partial charge in [-0.1, -0.05) is 6.92 Å². The van der Waals surface area contributed by atoms with Crippen LogP contribution in [-0.2, 0) is 0 Å². The van der Waals surface area contributed by atoms with E-state index in [1.807, 2.05) is 25.1 Å². The van der Waals surface area contributed by atoms with Gasteiger partial charge in [0.1, 0.15) is 6.61 Å². The van der Waals surface area contributed by atoms with Gasteiger partial charge in [0.05, 0.1) is 6.54 Å². The van der Waals surface area contributed by atoms with Crippen LogP contribution in [0.2, 0.25) is 0 Å². The number of hydrogen-bond acceptors (Lipinski definition) is 4. The van der Waals surface area contributed by atoms with Gasteiger partial charge in [-0.15, -0.1) is 0 Å². The third-order valence-corrected chi connectivity index (χ3v) is 4.06. The number of aromatic amines is 1. The van der Waals surface area contributed by atoms with Gasteiger partial charge < -0.3 is 19.7 Å². The fraction of sp³-hybridized carbons (Fsp3) is 0.267. The highest BCUT2D eigenvalue weighted by molar-refractivity contribution is 6.10. The number of hydrogen-bond donors (Lipinski definition) is 2. The Morgan fingerprint density at radius 1 is 1.40 bits per heavy atom. The summed E-state index contributed by atoms with van der Waals surface area (Å²) in [6.45, 7) is 3.20. The standard InChI is InChI=1S/C15H14N2O3/c1-8-11-6-9(2-3-10(11)14(8)19)17-4-5-20-12-7-13(18)16-15(12)17/h2-3,6-8,16,18H,4-5H2,1H3. The van der Waals surface area contributed by atoms with Crippen LogP contribution < -0.4 is 9.64 Å². The Kier molecular flexibility index (Phi) is 2.16. The Balaban J connectivity index is 1.78. The molecule has 0 fully saturated rings. The van der Waals surface area contributed by atoms with Gasteiger partial charge in [0.25, 0.3) is 0 Å². The highest BCUT2D eigenvalue weighted by Crippen LogP contribution is 2.42. The number of carbonyl (C=O) groups is 1. The van der Waals surface area contributed by atoms with Gasteiger partial charge in [0.15, 0.2) is 23.2 Å². The van der Waals surface area contributed by atoms with Crippen molar-refractivity contribution in [3.05, 3.63) is 35.4 Å². The highest BCUT2D eigenvalue weighted by atomic mass is 16.5. The van der Waals surface area contributed by atoms with E-state index in [0.717, 1.165) is 22.6 Å². The molecule has 1 aliphatic carbocycles. The lowest BCUT2D eigenvalue weighted by molar-refractivity contribution is 0.0935. The summed E-state index contributed by atoms with van der Waals surface area (Å²) >= 11 is 0. The minimum Gasteiger partial charge on any atom is -0.494 e. The lowest BCUT2D eigenvalue weighted by atomic mass is 9.77. The predicted octanol–water partition coefficient (Wildman–Crippen LogP) is 2.55. The van der Waals surface area contributed by atoms with Crippen molar-refractivity contribution in [2.75, 3.05) is 18.1 Å². The molecule has 4 rings (SSSR count). The van der Waals surface area contributed by atoms with Crippen LogP contribution in [-0.4, -0.2) is 29.0 Å². The molecule has 1 atom stereocenters. The molecular formula is C15H14N2O3. The van der Waals surface area contributed by atoms with Gasteiger partial charge in [-0.2, -0.15) is 0 Å². The van der Waals surface area contributed by atoms with E-state index in [4.69, 9.17) is 4.74 Å². The fourth-order valence-corrected chi connectivity index (χ4v) is 2.94. The smallest absolute Gasteiger partial charge is 0.193 e. The summed E-state index contributed by atoms with van der Waals surface area (Å²) in [5, 5.41) is 9.57. The highest BCUT2D eigenvalue weighted by Gasteiger charge is 2.33. The number of anilines is 2. The molecule has 5 nitrogen and oxygen atoms in total. The molecule has 0 spiro atoms. The van der Waals surface area contributed by atoms with E-state index >= 15 is 0 Å². The van der Waals surface area contributed by atoms with Gasteiger partial charge in [-0.3, -0.25) is 4.79 Å². The van der Waals surface area contributed by atoms with E-state index in [-0.39, 0.29) is 17.6 Å². The first-order valence-corrected chi connectivity index (χ1v) is 6.65. The van der Waals surface area contributed by atoms with Crippen LogP contribution in [0.4, 0.5) is 11.5 Å². The normalized spacial score (nSPS) is 19.9. The molecule has 5 heteroatoms. The lowest BCUT2D eigenvalue weighted by Gasteiger charge is -2.32. The molecule has 1 aliphatic heterocycles. The van der Waals surface area contributed by atoms with E-state index < -0.39 is 0 Å². The van der Waals surface area contributed by atoms with Crippen molar-refractivity contribution in [2.24, 2.45) is 0 Å². The van der Waals surface area contributed by atoms with Crippen LogP contribution in [0.5, 0.6) is 11.6 Å². The fourth-order valence-electron chi connectivity index (χ4n) is 2.94. The van der Waals surface area contributed by atoms with Crippen molar-refractivity contribution in [1.82, 2.24) is 4.98 Å². The largest absolute Gasteiger partial charge is 0.494 e. The van der Waals surface area contributed by atoms with Crippen LogP contribution in [0.15, 0.2) is 24.3 Å². The Labute approximate surface area is 115 Å². The van der Waals surface area contributed by atoms with Crippen LogP contribution in [0.3, 0.4) is 0 Å². The summed E-state index contributed by atoms with van der Waals surface area (Å²) in [5.74, 6) is 1.70. The minimum absolute atomic E-state index is 0.0116. The number of carbonyl (C=O) groups excluding carboxylic acids is 1. The molecule has 1 aromatic carbocycles. The number of ketones is 1.